The van der Waals surface area contributed by atoms with Crippen molar-refractivity contribution >= 4 is 21.5 Å². The highest BCUT2D eigenvalue weighted by molar-refractivity contribution is 6.08. The van der Waals surface area contributed by atoms with Gasteiger partial charge < -0.3 is 0 Å². The fourth-order valence-electron chi connectivity index (χ4n) is 5.72. The molecule has 0 N–H and O–H groups in total. The molecule has 0 aliphatic heterocycles. The van der Waals surface area contributed by atoms with Crippen LogP contribution in [0.25, 0.3) is 54.9 Å². The van der Waals surface area contributed by atoms with E-state index in [-0.39, 0.29) is 11.6 Å². The summed E-state index contributed by atoms with van der Waals surface area (Å²) in [5.74, 6) is -0.601. The Bertz CT molecular complexity index is 1800. The van der Waals surface area contributed by atoms with E-state index in [2.05, 4.69) is 18.2 Å². The Morgan fingerprint density at radius 1 is 0.429 bits per heavy atom. The van der Waals surface area contributed by atoms with Crippen LogP contribution in [0.3, 0.4) is 0 Å². The molecule has 35 heavy (non-hydrogen) atoms. The standard InChI is InChI=1S/C33H20F2/c34-29-17-13-20-7-1-5-11-24(20)31(29)27-16-15-26-23-10-4-3-9-22(23)19-28(26)32(27)33-25-12-6-2-8-21(25)14-18-30(33)35/h1-18H,19H2. The molecule has 0 atom stereocenters. The Labute approximate surface area is 202 Å². The van der Waals surface area contributed by atoms with Gasteiger partial charge in [-0.1, -0.05) is 97.1 Å². The van der Waals surface area contributed by atoms with E-state index in [0.717, 1.165) is 49.4 Å². The van der Waals surface area contributed by atoms with Crippen molar-refractivity contribution in [1.82, 2.24) is 0 Å². The lowest BCUT2D eigenvalue weighted by atomic mass is 9.84. The fraction of sp³-hybridized carbons (Fsp3) is 0.0303. The first-order valence-electron chi connectivity index (χ1n) is 11.8. The SMILES string of the molecule is Fc1ccc2ccccc2c1-c1ccc2c(c1-c1c(F)ccc3ccccc13)Cc1ccccc1-2. The highest BCUT2D eigenvalue weighted by Crippen LogP contribution is 2.49. The third-order valence-electron chi connectivity index (χ3n) is 7.26. The van der Waals surface area contributed by atoms with Crippen molar-refractivity contribution in [2.24, 2.45) is 0 Å². The molecule has 0 fully saturated rings. The van der Waals surface area contributed by atoms with Crippen LogP contribution in [0.1, 0.15) is 11.1 Å². The monoisotopic (exact) mass is 454 g/mol. The maximum atomic E-state index is 15.8. The van der Waals surface area contributed by atoms with Gasteiger partial charge in [0, 0.05) is 11.1 Å². The predicted molar refractivity (Wildman–Crippen MR) is 140 cm³/mol. The summed E-state index contributed by atoms with van der Waals surface area (Å²) in [6.45, 7) is 0. The molecule has 0 radical (unpaired) electrons. The minimum Gasteiger partial charge on any atom is -0.206 e. The lowest BCUT2D eigenvalue weighted by Gasteiger charge is -2.20. The number of rotatable bonds is 2. The maximum absolute atomic E-state index is 15.8. The van der Waals surface area contributed by atoms with Gasteiger partial charge in [-0.15, -0.1) is 0 Å². The molecule has 0 heterocycles. The zero-order valence-corrected chi connectivity index (χ0v) is 18.9. The van der Waals surface area contributed by atoms with E-state index in [9.17, 15) is 0 Å². The molecule has 2 heteroatoms. The highest BCUT2D eigenvalue weighted by Gasteiger charge is 2.28. The van der Waals surface area contributed by atoms with Crippen molar-refractivity contribution in [1.29, 1.82) is 0 Å². The minimum atomic E-state index is -0.305. The maximum Gasteiger partial charge on any atom is 0.131 e. The van der Waals surface area contributed by atoms with Crippen LogP contribution >= 0.6 is 0 Å². The van der Waals surface area contributed by atoms with Crippen LogP contribution in [-0.2, 0) is 6.42 Å². The van der Waals surface area contributed by atoms with Crippen LogP contribution in [0.4, 0.5) is 8.78 Å². The first-order chi connectivity index (χ1) is 17.2. The molecule has 0 nitrogen and oxygen atoms in total. The quantitative estimate of drug-likeness (QED) is 0.244. The van der Waals surface area contributed by atoms with Crippen LogP contribution in [0.2, 0.25) is 0 Å². The third kappa shape index (κ3) is 2.96. The van der Waals surface area contributed by atoms with Gasteiger partial charge in [0.1, 0.15) is 11.6 Å². The second-order valence-electron chi connectivity index (χ2n) is 9.14. The summed E-state index contributed by atoms with van der Waals surface area (Å²) in [7, 11) is 0. The zero-order valence-electron chi connectivity index (χ0n) is 18.9. The third-order valence-corrected chi connectivity index (χ3v) is 7.26. The van der Waals surface area contributed by atoms with E-state index in [1.54, 1.807) is 6.07 Å². The molecular weight excluding hydrogens is 434 g/mol. The average Bonchev–Trinajstić information content (AvgIpc) is 3.27. The van der Waals surface area contributed by atoms with Gasteiger partial charge in [-0.05, 0) is 73.5 Å². The Morgan fingerprint density at radius 3 is 1.74 bits per heavy atom. The molecule has 0 spiro atoms. The normalized spacial score (nSPS) is 12.2. The largest absolute Gasteiger partial charge is 0.206 e. The molecule has 0 aromatic heterocycles. The number of fused-ring (bicyclic) bond motifs is 5. The van der Waals surface area contributed by atoms with E-state index in [4.69, 9.17) is 0 Å². The summed E-state index contributed by atoms with van der Waals surface area (Å²) in [5, 5.41) is 3.57. The number of hydrogen-bond donors (Lipinski definition) is 0. The fourth-order valence-corrected chi connectivity index (χ4v) is 5.72. The number of halogens is 2. The van der Waals surface area contributed by atoms with Gasteiger partial charge in [-0.3, -0.25) is 0 Å². The van der Waals surface area contributed by atoms with Crippen LogP contribution in [0.5, 0.6) is 0 Å². The lowest BCUT2D eigenvalue weighted by Crippen LogP contribution is -1.98. The van der Waals surface area contributed by atoms with E-state index in [1.807, 2.05) is 72.8 Å². The lowest BCUT2D eigenvalue weighted by molar-refractivity contribution is 0.631. The van der Waals surface area contributed by atoms with Gasteiger partial charge in [0.2, 0.25) is 0 Å². The summed E-state index contributed by atoms with van der Waals surface area (Å²) in [5.41, 5.74) is 7.07. The molecule has 6 aromatic carbocycles. The smallest absolute Gasteiger partial charge is 0.131 e. The van der Waals surface area contributed by atoms with Gasteiger partial charge in [-0.2, -0.15) is 0 Å². The topological polar surface area (TPSA) is 0 Å². The molecule has 0 amide bonds. The van der Waals surface area contributed by atoms with Crippen LogP contribution in [0, 0.1) is 11.6 Å². The molecule has 166 valence electrons. The molecule has 1 aliphatic rings. The summed E-state index contributed by atoms with van der Waals surface area (Å²) in [4.78, 5) is 0. The Morgan fingerprint density at radius 2 is 1.00 bits per heavy atom. The van der Waals surface area contributed by atoms with Gasteiger partial charge >= 0.3 is 0 Å². The predicted octanol–water partition coefficient (Wildman–Crippen LogP) is 9.18. The summed E-state index contributed by atoms with van der Waals surface area (Å²) < 4.78 is 31.5. The van der Waals surface area contributed by atoms with Gasteiger partial charge in [0.25, 0.3) is 0 Å². The van der Waals surface area contributed by atoms with Gasteiger partial charge in [-0.25, -0.2) is 8.78 Å². The van der Waals surface area contributed by atoms with E-state index in [0.29, 0.717) is 17.5 Å². The van der Waals surface area contributed by atoms with Crippen molar-refractivity contribution in [2.45, 2.75) is 6.42 Å². The van der Waals surface area contributed by atoms with Gasteiger partial charge in [0.05, 0.1) is 0 Å². The van der Waals surface area contributed by atoms with Crippen molar-refractivity contribution in [3.63, 3.8) is 0 Å². The molecule has 1 aliphatic carbocycles. The highest BCUT2D eigenvalue weighted by atomic mass is 19.1. The first kappa shape index (κ1) is 20.1. The van der Waals surface area contributed by atoms with Crippen molar-refractivity contribution in [2.75, 3.05) is 0 Å². The Balaban J connectivity index is 1.66. The van der Waals surface area contributed by atoms with E-state index in [1.165, 1.54) is 17.7 Å². The summed E-state index contributed by atoms with van der Waals surface area (Å²) in [6.07, 6.45) is 0.684. The molecule has 0 saturated carbocycles. The molecule has 0 bridgehead atoms. The molecule has 6 aromatic rings. The van der Waals surface area contributed by atoms with Crippen LogP contribution in [0.15, 0.2) is 109 Å². The van der Waals surface area contributed by atoms with E-state index >= 15 is 8.78 Å². The first-order valence-corrected chi connectivity index (χ1v) is 11.8. The summed E-state index contributed by atoms with van der Waals surface area (Å²) in [6, 6.07) is 34.7. The Hall–Kier alpha value is -4.30. The molecule has 0 saturated heterocycles. The Kier molecular flexibility index (Phi) is 4.37. The molecular formula is C33H20F2. The molecule has 7 rings (SSSR count). The second kappa shape index (κ2) is 7.61. The summed E-state index contributed by atoms with van der Waals surface area (Å²) >= 11 is 0. The minimum absolute atomic E-state index is 0.296. The van der Waals surface area contributed by atoms with Crippen LogP contribution in [-0.4, -0.2) is 0 Å². The van der Waals surface area contributed by atoms with Crippen LogP contribution < -0.4 is 0 Å². The van der Waals surface area contributed by atoms with E-state index < -0.39 is 0 Å². The second-order valence-corrected chi connectivity index (χ2v) is 9.14. The van der Waals surface area contributed by atoms with Crippen molar-refractivity contribution < 1.29 is 8.78 Å². The average molecular weight is 455 g/mol. The molecule has 0 unspecified atom stereocenters. The van der Waals surface area contributed by atoms with Gasteiger partial charge in [0.15, 0.2) is 0 Å². The van der Waals surface area contributed by atoms with Crippen molar-refractivity contribution in [3.05, 3.63) is 132 Å². The number of hydrogen-bond acceptors (Lipinski definition) is 0. The number of benzene rings is 6. The zero-order chi connectivity index (χ0) is 23.5. The van der Waals surface area contributed by atoms with Crippen molar-refractivity contribution in [3.8, 4) is 33.4 Å².